The number of amides is 3. The third-order valence-corrected chi connectivity index (χ3v) is 5.73. The molecule has 4 unspecified atom stereocenters. The highest BCUT2D eigenvalue weighted by molar-refractivity contribution is 7.98. The molecule has 0 aliphatic carbocycles. The summed E-state index contributed by atoms with van der Waals surface area (Å²) in [6, 6.07) is -4.44. The number of aromatic nitrogens is 2. The Bertz CT molecular complexity index is 864. The Hall–Kier alpha value is -3.13. The SMILES string of the molecule is CSCCC(NC(=O)C(N)CCC(=O)O)C(=O)NC(C(=O)NC(Cc1cnc[nH]1)C(=O)O)C(C)C. The highest BCUT2D eigenvalue weighted by Gasteiger charge is 2.32. The van der Waals surface area contributed by atoms with E-state index in [2.05, 4.69) is 25.9 Å². The maximum atomic E-state index is 13.0. The van der Waals surface area contributed by atoms with Crippen molar-refractivity contribution in [1.82, 2.24) is 25.9 Å². The van der Waals surface area contributed by atoms with E-state index in [0.717, 1.165) is 0 Å². The van der Waals surface area contributed by atoms with Crippen molar-refractivity contribution >= 4 is 41.4 Å². The Morgan fingerprint density at radius 2 is 1.69 bits per heavy atom. The van der Waals surface area contributed by atoms with Crippen LogP contribution in [0, 0.1) is 5.92 Å². The Labute approximate surface area is 207 Å². The van der Waals surface area contributed by atoms with Crippen molar-refractivity contribution < 1.29 is 34.2 Å². The third-order valence-electron chi connectivity index (χ3n) is 5.09. The number of nitrogens with two attached hydrogens (primary N) is 1. The number of hydrogen-bond donors (Lipinski definition) is 7. The van der Waals surface area contributed by atoms with Crippen LogP contribution in [0.15, 0.2) is 12.5 Å². The van der Waals surface area contributed by atoms with E-state index in [1.54, 1.807) is 13.8 Å². The molecule has 8 N–H and O–H groups in total. The van der Waals surface area contributed by atoms with Crippen LogP contribution < -0.4 is 21.7 Å². The molecule has 13 nitrogen and oxygen atoms in total. The zero-order valence-electron chi connectivity index (χ0n) is 19.9. The number of imidazole rings is 1. The number of nitrogens with zero attached hydrogens (tertiary/aromatic N) is 1. The second-order valence-electron chi connectivity index (χ2n) is 8.29. The summed E-state index contributed by atoms with van der Waals surface area (Å²) in [6.45, 7) is 3.37. The lowest BCUT2D eigenvalue weighted by Gasteiger charge is -2.27. The first kappa shape index (κ1) is 29.9. The number of H-pyrrole nitrogens is 1. The molecule has 14 heteroatoms. The molecule has 0 spiro atoms. The summed E-state index contributed by atoms with van der Waals surface area (Å²) in [5.41, 5.74) is 6.26. The van der Waals surface area contributed by atoms with E-state index >= 15 is 0 Å². The molecule has 0 saturated heterocycles. The van der Waals surface area contributed by atoms with Gasteiger partial charge in [-0.05, 0) is 30.8 Å². The van der Waals surface area contributed by atoms with Gasteiger partial charge in [-0.25, -0.2) is 9.78 Å². The molecule has 0 aliphatic rings. The molecule has 0 aromatic carbocycles. The van der Waals surface area contributed by atoms with Crippen molar-refractivity contribution in [1.29, 1.82) is 0 Å². The molecule has 1 aromatic heterocycles. The first-order valence-corrected chi connectivity index (χ1v) is 12.4. The maximum Gasteiger partial charge on any atom is 0.326 e. The van der Waals surface area contributed by atoms with Gasteiger partial charge in [0.15, 0.2) is 0 Å². The molecule has 3 amide bonds. The van der Waals surface area contributed by atoms with Gasteiger partial charge >= 0.3 is 11.9 Å². The van der Waals surface area contributed by atoms with Crippen molar-refractivity contribution in [2.45, 2.75) is 63.7 Å². The highest BCUT2D eigenvalue weighted by atomic mass is 32.2. The van der Waals surface area contributed by atoms with Gasteiger partial charge in [0.25, 0.3) is 0 Å². The Morgan fingerprint density at radius 1 is 1.03 bits per heavy atom. The average Bonchev–Trinajstić information content (AvgIpc) is 3.30. The molecule has 0 saturated carbocycles. The fourth-order valence-electron chi connectivity index (χ4n) is 3.06. The second kappa shape index (κ2) is 15.0. The third kappa shape index (κ3) is 10.8. The summed E-state index contributed by atoms with van der Waals surface area (Å²) in [6.07, 6.45) is 4.49. The summed E-state index contributed by atoms with van der Waals surface area (Å²) in [4.78, 5) is 67.2. The number of carbonyl (C=O) groups excluding carboxylic acids is 3. The largest absolute Gasteiger partial charge is 0.481 e. The van der Waals surface area contributed by atoms with Gasteiger partial charge in [0.1, 0.15) is 18.1 Å². The quantitative estimate of drug-likeness (QED) is 0.144. The molecule has 1 aromatic rings. The minimum Gasteiger partial charge on any atom is -0.481 e. The first-order valence-electron chi connectivity index (χ1n) is 11.0. The average molecular weight is 515 g/mol. The zero-order valence-corrected chi connectivity index (χ0v) is 20.8. The van der Waals surface area contributed by atoms with Gasteiger partial charge in [0, 0.05) is 24.7 Å². The number of hydrogen-bond acceptors (Lipinski definition) is 8. The number of aliphatic carboxylic acids is 2. The summed E-state index contributed by atoms with van der Waals surface area (Å²) < 4.78 is 0. The topological polar surface area (TPSA) is 217 Å². The molecule has 35 heavy (non-hydrogen) atoms. The van der Waals surface area contributed by atoms with Crippen molar-refractivity contribution in [3.8, 4) is 0 Å². The molecule has 196 valence electrons. The number of nitrogens with one attached hydrogen (secondary N) is 4. The number of carboxylic acid groups (broad SMARTS) is 2. The smallest absolute Gasteiger partial charge is 0.326 e. The van der Waals surface area contributed by atoms with Crippen molar-refractivity contribution in [2.75, 3.05) is 12.0 Å². The minimum atomic E-state index is -1.25. The van der Waals surface area contributed by atoms with Gasteiger partial charge in [0.2, 0.25) is 17.7 Å². The van der Waals surface area contributed by atoms with Crippen LogP contribution in [0.3, 0.4) is 0 Å². The number of rotatable bonds is 16. The van der Waals surface area contributed by atoms with E-state index in [9.17, 15) is 29.1 Å². The van der Waals surface area contributed by atoms with Crippen LogP contribution >= 0.6 is 11.8 Å². The number of aromatic amines is 1. The van der Waals surface area contributed by atoms with E-state index in [1.165, 1.54) is 24.3 Å². The number of carbonyl (C=O) groups is 5. The van der Waals surface area contributed by atoms with Crippen LogP contribution in [0.5, 0.6) is 0 Å². The predicted octanol–water partition coefficient (Wildman–Crippen LogP) is -0.908. The van der Waals surface area contributed by atoms with Crippen LogP contribution in [0.1, 0.15) is 38.8 Å². The highest BCUT2D eigenvalue weighted by Crippen LogP contribution is 2.08. The van der Waals surface area contributed by atoms with Gasteiger partial charge < -0.3 is 36.9 Å². The summed E-state index contributed by atoms with van der Waals surface area (Å²) >= 11 is 1.45. The van der Waals surface area contributed by atoms with Crippen LogP contribution in [0.2, 0.25) is 0 Å². The molecule has 1 heterocycles. The van der Waals surface area contributed by atoms with E-state index in [1.807, 2.05) is 6.26 Å². The molecular weight excluding hydrogens is 480 g/mol. The van der Waals surface area contributed by atoms with E-state index < -0.39 is 59.7 Å². The summed E-state index contributed by atoms with van der Waals surface area (Å²) in [5, 5.41) is 25.8. The summed E-state index contributed by atoms with van der Waals surface area (Å²) in [5.74, 6) is -4.21. The van der Waals surface area contributed by atoms with Crippen LogP contribution in [0.4, 0.5) is 0 Å². The maximum absolute atomic E-state index is 13.0. The van der Waals surface area contributed by atoms with E-state index in [-0.39, 0.29) is 25.7 Å². The van der Waals surface area contributed by atoms with Crippen molar-refractivity contribution in [3.63, 3.8) is 0 Å². The zero-order chi connectivity index (χ0) is 26.5. The van der Waals surface area contributed by atoms with Crippen LogP contribution in [0.25, 0.3) is 0 Å². The first-order chi connectivity index (χ1) is 16.5. The van der Waals surface area contributed by atoms with Crippen LogP contribution in [-0.4, -0.2) is 86.0 Å². The monoisotopic (exact) mass is 514 g/mol. The Balaban J connectivity index is 2.89. The van der Waals surface area contributed by atoms with Crippen molar-refractivity contribution in [2.24, 2.45) is 11.7 Å². The Morgan fingerprint density at radius 3 is 2.20 bits per heavy atom. The Kier molecular flexibility index (Phi) is 12.8. The fourth-order valence-corrected chi connectivity index (χ4v) is 3.53. The predicted molar refractivity (Wildman–Crippen MR) is 128 cm³/mol. The second-order valence-corrected chi connectivity index (χ2v) is 9.28. The lowest BCUT2D eigenvalue weighted by atomic mass is 10.0. The molecule has 0 bridgehead atoms. The number of carboxylic acids is 2. The van der Waals surface area contributed by atoms with Gasteiger partial charge in [-0.2, -0.15) is 11.8 Å². The normalized spacial score (nSPS) is 14.4. The van der Waals surface area contributed by atoms with Gasteiger partial charge in [-0.3, -0.25) is 19.2 Å². The minimum absolute atomic E-state index is 0.0273. The van der Waals surface area contributed by atoms with Gasteiger partial charge in [-0.1, -0.05) is 13.8 Å². The van der Waals surface area contributed by atoms with Gasteiger partial charge in [-0.15, -0.1) is 0 Å². The summed E-state index contributed by atoms with van der Waals surface area (Å²) in [7, 11) is 0. The van der Waals surface area contributed by atoms with Gasteiger partial charge in [0.05, 0.1) is 12.4 Å². The molecule has 4 atom stereocenters. The molecule has 0 aliphatic heterocycles. The molecule has 0 fully saturated rings. The lowest BCUT2D eigenvalue weighted by Crippen LogP contribution is -2.58. The lowest BCUT2D eigenvalue weighted by molar-refractivity contribution is -0.142. The fraction of sp³-hybridized carbons (Fsp3) is 0.619. The van der Waals surface area contributed by atoms with E-state index in [0.29, 0.717) is 11.4 Å². The number of thioether (sulfide) groups is 1. The van der Waals surface area contributed by atoms with E-state index in [4.69, 9.17) is 10.8 Å². The standard InChI is InChI=1S/C21H34N6O7S/c1-11(2)17(20(32)26-15(21(33)34)8-12-9-23-10-24-12)27-19(31)14(6-7-35-3)25-18(30)13(22)4-5-16(28)29/h9-11,13-15,17H,4-8,22H2,1-3H3,(H,23,24)(H,25,30)(H,26,32)(H,27,31)(H,28,29)(H,33,34). The molecule has 0 radical (unpaired) electrons. The molecular formula is C21H34N6O7S. The molecule has 1 rings (SSSR count). The van der Waals surface area contributed by atoms with Crippen molar-refractivity contribution in [3.05, 3.63) is 18.2 Å². The van der Waals surface area contributed by atoms with Crippen LogP contribution in [-0.2, 0) is 30.4 Å².